The number of aromatic amines is 1. The summed E-state index contributed by atoms with van der Waals surface area (Å²) >= 11 is 0. The molecule has 0 spiro atoms. The van der Waals surface area contributed by atoms with Crippen molar-refractivity contribution in [3.63, 3.8) is 0 Å². The summed E-state index contributed by atoms with van der Waals surface area (Å²) in [4.78, 5) is 21.6. The third-order valence-electron chi connectivity index (χ3n) is 6.51. The number of rotatable bonds is 4. The number of H-pyrrole nitrogens is 1. The third-order valence-corrected chi connectivity index (χ3v) is 6.51. The summed E-state index contributed by atoms with van der Waals surface area (Å²) < 4.78 is 0. The van der Waals surface area contributed by atoms with Crippen LogP contribution in [0.4, 0.5) is 0 Å². The van der Waals surface area contributed by atoms with E-state index in [2.05, 4.69) is 63.3 Å². The van der Waals surface area contributed by atoms with Gasteiger partial charge in [-0.1, -0.05) is 48.5 Å². The lowest BCUT2D eigenvalue weighted by atomic mass is 9.90. The molecule has 0 bridgehead atoms. The molecule has 0 unspecified atom stereocenters. The summed E-state index contributed by atoms with van der Waals surface area (Å²) in [5.41, 5.74) is 11.1. The number of nitrogens with two attached hydrogens (primary N) is 1. The van der Waals surface area contributed by atoms with Gasteiger partial charge < -0.3 is 15.6 Å². The molecule has 3 aromatic rings. The number of fused-ring (bicyclic) bond motifs is 3. The van der Waals surface area contributed by atoms with Crippen LogP contribution >= 0.6 is 0 Å². The lowest BCUT2D eigenvalue weighted by Gasteiger charge is -2.42. The number of para-hydroxylation sites is 1. The Hall–Kier alpha value is -2.63. The molecule has 2 aliphatic rings. The van der Waals surface area contributed by atoms with Crippen LogP contribution < -0.4 is 5.73 Å². The fraction of sp³-hybridized carbons (Fsp3) is 0.375. The van der Waals surface area contributed by atoms with Crippen LogP contribution in [0.25, 0.3) is 10.9 Å². The molecule has 1 fully saturated rings. The number of hydrogen-bond donors (Lipinski definition) is 2. The third kappa shape index (κ3) is 3.24. The molecule has 5 heteroatoms. The van der Waals surface area contributed by atoms with Crippen molar-refractivity contribution in [1.82, 2.24) is 14.8 Å². The average molecular weight is 389 g/mol. The Morgan fingerprint density at radius 1 is 1.03 bits per heavy atom. The minimum absolute atomic E-state index is 0.00269. The monoisotopic (exact) mass is 388 g/mol. The molecule has 5 rings (SSSR count). The minimum Gasteiger partial charge on any atom is -0.357 e. The van der Waals surface area contributed by atoms with Crippen LogP contribution in [-0.2, 0) is 17.8 Å². The highest BCUT2D eigenvalue weighted by Gasteiger charge is 2.41. The Balaban J connectivity index is 1.58. The zero-order valence-corrected chi connectivity index (χ0v) is 16.7. The normalized spacial score (nSPS) is 22.2. The van der Waals surface area contributed by atoms with E-state index in [4.69, 9.17) is 5.73 Å². The van der Waals surface area contributed by atoms with Crippen molar-refractivity contribution in [3.8, 4) is 0 Å². The van der Waals surface area contributed by atoms with Gasteiger partial charge in [-0.15, -0.1) is 0 Å². The molecule has 0 saturated carbocycles. The second-order valence-electron chi connectivity index (χ2n) is 8.22. The molecule has 2 atom stereocenters. The maximum atomic E-state index is 13.6. The SMILES string of the molecule is NC[C@@H]1c2[nH]c3ccccc3c2C[C@@H](C(=O)N2CCCC2)N1Cc1ccccc1. The lowest BCUT2D eigenvalue weighted by molar-refractivity contribution is -0.137. The second-order valence-corrected chi connectivity index (χ2v) is 8.22. The minimum atomic E-state index is -0.173. The van der Waals surface area contributed by atoms with Crippen LogP contribution in [-0.4, -0.2) is 46.4 Å². The van der Waals surface area contributed by atoms with E-state index in [0.29, 0.717) is 6.54 Å². The molecular weight excluding hydrogens is 360 g/mol. The molecule has 0 aliphatic carbocycles. The van der Waals surface area contributed by atoms with Crippen molar-refractivity contribution in [3.05, 3.63) is 71.4 Å². The first-order chi connectivity index (χ1) is 14.3. The maximum Gasteiger partial charge on any atom is 0.240 e. The van der Waals surface area contributed by atoms with Gasteiger partial charge in [0.2, 0.25) is 5.91 Å². The van der Waals surface area contributed by atoms with Gasteiger partial charge in [-0.05, 0) is 36.5 Å². The fourth-order valence-electron chi connectivity index (χ4n) is 5.06. The average Bonchev–Trinajstić information content (AvgIpc) is 3.42. The number of likely N-dealkylation sites (tertiary alicyclic amines) is 1. The van der Waals surface area contributed by atoms with Crippen molar-refractivity contribution in [2.45, 2.75) is 37.9 Å². The number of nitrogens with zero attached hydrogens (tertiary/aromatic N) is 2. The van der Waals surface area contributed by atoms with Gasteiger partial charge in [-0.2, -0.15) is 0 Å². The standard InChI is InChI=1S/C24H28N4O/c25-15-22-23-19(18-10-4-5-11-20(18)26-23)14-21(24(29)27-12-6-7-13-27)28(22)16-17-8-2-1-3-9-17/h1-5,8-11,21-22,26H,6-7,12-16,25H2/t21-,22+/m0/s1. The Morgan fingerprint density at radius 3 is 2.52 bits per heavy atom. The fourth-order valence-corrected chi connectivity index (χ4v) is 5.06. The van der Waals surface area contributed by atoms with Gasteiger partial charge in [0.15, 0.2) is 0 Å². The number of nitrogens with one attached hydrogen (secondary N) is 1. The highest BCUT2D eigenvalue weighted by Crippen LogP contribution is 2.38. The molecule has 29 heavy (non-hydrogen) atoms. The van der Waals surface area contributed by atoms with Gasteiger partial charge in [0.1, 0.15) is 0 Å². The topological polar surface area (TPSA) is 65.4 Å². The molecule has 2 aliphatic heterocycles. The molecule has 2 aromatic carbocycles. The first-order valence-electron chi connectivity index (χ1n) is 10.6. The Morgan fingerprint density at radius 2 is 1.76 bits per heavy atom. The van der Waals surface area contributed by atoms with Crippen LogP contribution in [0.15, 0.2) is 54.6 Å². The summed E-state index contributed by atoms with van der Waals surface area (Å²) in [5.74, 6) is 0.257. The molecule has 5 nitrogen and oxygen atoms in total. The smallest absolute Gasteiger partial charge is 0.240 e. The van der Waals surface area contributed by atoms with E-state index in [1.54, 1.807) is 0 Å². The zero-order valence-electron chi connectivity index (χ0n) is 16.7. The van der Waals surface area contributed by atoms with E-state index in [1.165, 1.54) is 22.2 Å². The van der Waals surface area contributed by atoms with Crippen LogP contribution in [0.5, 0.6) is 0 Å². The van der Waals surface area contributed by atoms with Gasteiger partial charge in [0, 0.05) is 42.8 Å². The van der Waals surface area contributed by atoms with E-state index < -0.39 is 0 Å². The summed E-state index contributed by atoms with van der Waals surface area (Å²) in [7, 11) is 0. The van der Waals surface area contributed by atoms with E-state index >= 15 is 0 Å². The van der Waals surface area contributed by atoms with Crippen LogP contribution in [0.1, 0.15) is 35.7 Å². The van der Waals surface area contributed by atoms with Crippen molar-refractivity contribution < 1.29 is 4.79 Å². The van der Waals surface area contributed by atoms with E-state index in [9.17, 15) is 4.79 Å². The molecule has 3 N–H and O–H groups in total. The molecule has 1 amide bonds. The lowest BCUT2D eigenvalue weighted by Crippen LogP contribution is -2.53. The number of aromatic nitrogens is 1. The number of carbonyl (C=O) groups is 1. The van der Waals surface area contributed by atoms with E-state index in [0.717, 1.165) is 44.4 Å². The Bertz CT molecular complexity index is 1010. The Kier molecular flexibility index (Phi) is 4.86. The predicted octanol–water partition coefficient (Wildman–Crippen LogP) is 3.22. The maximum absolute atomic E-state index is 13.6. The van der Waals surface area contributed by atoms with E-state index in [-0.39, 0.29) is 18.0 Å². The molecule has 1 saturated heterocycles. The highest BCUT2D eigenvalue weighted by molar-refractivity contribution is 5.88. The van der Waals surface area contributed by atoms with Gasteiger partial charge in [0.25, 0.3) is 0 Å². The molecule has 1 aromatic heterocycles. The zero-order chi connectivity index (χ0) is 19.8. The van der Waals surface area contributed by atoms with Gasteiger partial charge in [-0.25, -0.2) is 0 Å². The summed E-state index contributed by atoms with van der Waals surface area (Å²) in [6.07, 6.45) is 2.95. The van der Waals surface area contributed by atoms with Gasteiger partial charge >= 0.3 is 0 Å². The van der Waals surface area contributed by atoms with Crippen molar-refractivity contribution in [2.75, 3.05) is 19.6 Å². The summed E-state index contributed by atoms with van der Waals surface area (Å²) in [6.45, 7) is 2.96. The van der Waals surface area contributed by atoms with Gasteiger partial charge in [0.05, 0.1) is 12.1 Å². The summed E-state index contributed by atoms with van der Waals surface area (Å²) in [5, 5.41) is 1.22. The van der Waals surface area contributed by atoms with Crippen LogP contribution in [0, 0.1) is 0 Å². The number of carbonyl (C=O) groups excluding carboxylic acids is 1. The number of hydrogen-bond acceptors (Lipinski definition) is 3. The highest BCUT2D eigenvalue weighted by atomic mass is 16.2. The number of amides is 1. The van der Waals surface area contributed by atoms with Crippen molar-refractivity contribution >= 4 is 16.8 Å². The first-order valence-corrected chi connectivity index (χ1v) is 10.6. The van der Waals surface area contributed by atoms with Crippen molar-refractivity contribution in [1.29, 1.82) is 0 Å². The molecular formula is C24H28N4O. The summed E-state index contributed by atoms with van der Waals surface area (Å²) in [6, 6.07) is 18.6. The van der Waals surface area contributed by atoms with E-state index in [1.807, 2.05) is 6.07 Å². The van der Waals surface area contributed by atoms with Gasteiger partial charge in [-0.3, -0.25) is 9.69 Å². The quantitative estimate of drug-likeness (QED) is 0.721. The first kappa shape index (κ1) is 18.4. The van der Waals surface area contributed by atoms with Crippen LogP contribution in [0.2, 0.25) is 0 Å². The Labute approximate surface area is 171 Å². The number of benzene rings is 2. The molecule has 0 radical (unpaired) electrons. The van der Waals surface area contributed by atoms with Crippen molar-refractivity contribution in [2.24, 2.45) is 5.73 Å². The molecule has 3 heterocycles. The van der Waals surface area contributed by atoms with Crippen LogP contribution in [0.3, 0.4) is 0 Å². The second kappa shape index (κ2) is 7.65. The molecule has 150 valence electrons. The predicted molar refractivity (Wildman–Crippen MR) is 115 cm³/mol. The largest absolute Gasteiger partial charge is 0.357 e.